The number of rotatable bonds is 8. The van der Waals surface area contributed by atoms with Gasteiger partial charge in [-0.3, -0.25) is 4.79 Å². The first-order valence-electron chi connectivity index (χ1n) is 7.92. The Morgan fingerprint density at radius 1 is 1.24 bits per heavy atom. The Labute approximate surface area is 152 Å². The summed E-state index contributed by atoms with van der Waals surface area (Å²) in [6.45, 7) is 3.84. The van der Waals surface area contributed by atoms with Crippen LogP contribution in [0.5, 0.6) is 0 Å². The molecule has 0 saturated heterocycles. The van der Waals surface area contributed by atoms with E-state index < -0.39 is 16.1 Å². The van der Waals surface area contributed by atoms with Crippen molar-refractivity contribution in [3.05, 3.63) is 53.4 Å². The standard InChI is InChI=1S/C17H21ClN2O4S/c1-3-12(2)19-17(21)11-15(16-5-4-10-24-16)20-25(22,23)14-8-6-13(18)7-9-14/h4-10,12,15,20H,3,11H2,1-2H3,(H,19,21)/t12-,15-/m1/s1. The summed E-state index contributed by atoms with van der Waals surface area (Å²) in [7, 11) is -3.83. The molecule has 2 N–H and O–H groups in total. The number of hydrogen-bond donors (Lipinski definition) is 2. The molecule has 0 saturated carbocycles. The third-order valence-corrected chi connectivity index (χ3v) is 5.46. The second-order valence-corrected chi connectivity index (χ2v) is 7.87. The molecule has 0 unspecified atom stereocenters. The first kappa shape index (κ1) is 19.5. The summed E-state index contributed by atoms with van der Waals surface area (Å²) in [6.07, 6.45) is 2.16. The lowest BCUT2D eigenvalue weighted by Gasteiger charge is -2.18. The van der Waals surface area contributed by atoms with Crippen molar-refractivity contribution in [1.82, 2.24) is 10.0 Å². The molecule has 2 atom stereocenters. The Morgan fingerprint density at radius 3 is 2.48 bits per heavy atom. The lowest BCUT2D eigenvalue weighted by molar-refractivity contribution is -0.122. The van der Waals surface area contributed by atoms with Gasteiger partial charge in [0.2, 0.25) is 15.9 Å². The van der Waals surface area contributed by atoms with Gasteiger partial charge in [-0.2, -0.15) is 4.72 Å². The molecule has 1 aromatic heterocycles. The minimum absolute atomic E-state index is 0.0117. The predicted octanol–water partition coefficient (Wildman–Crippen LogP) is 3.26. The first-order chi connectivity index (χ1) is 11.8. The summed E-state index contributed by atoms with van der Waals surface area (Å²) < 4.78 is 33.0. The summed E-state index contributed by atoms with van der Waals surface area (Å²) in [5.74, 6) is 0.117. The van der Waals surface area contributed by atoms with E-state index in [9.17, 15) is 13.2 Å². The highest BCUT2D eigenvalue weighted by molar-refractivity contribution is 7.89. The van der Waals surface area contributed by atoms with Gasteiger partial charge in [-0.05, 0) is 49.7 Å². The maximum absolute atomic E-state index is 12.6. The highest BCUT2D eigenvalue weighted by atomic mass is 35.5. The zero-order valence-corrected chi connectivity index (χ0v) is 15.6. The predicted molar refractivity (Wildman–Crippen MR) is 95.7 cm³/mol. The largest absolute Gasteiger partial charge is 0.468 e. The molecule has 0 bridgehead atoms. The van der Waals surface area contributed by atoms with Crippen LogP contribution in [0.4, 0.5) is 0 Å². The number of benzene rings is 1. The molecule has 1 amide bonds. The maximum Gasteiger partial charge on any atom is 0.241 e. The van der Waals surface area contributed by atoms with Gasteiger partial charge < -0.3 is 9.73 Å². The molecule has 2 rings (SSSR count). The SMILES string of the molecule is CC[C@@H](C)NC(=O)C[C@@H](NS(=O)(=O)c1ccc(Cl)cc1)c1ccco1. The summed E-state index contributed by atoms with van der Waals surface area (Å²) in [5.41, 5.74) is 0. The third-order valence-electron chi connectivity index (χ3n) is 3.72. The Morgan fingerprint density at radius 2 is 1.92 bits per heavy atom. The van der Waals surface area contributed by atoms with E-state index in [-0.39, 0.29) is 23.3 Å². The molecule has 0 spiro atoms. The van der Waals surface area contributed by atoms with E-state index in [4.69, 9.17) is 16.0 Å². The van der Waals surface area contributed by atoms with Crippen molar-refractivity contribution >= 4 is 27.5 Å². The van der Waals surface area contributed by atoms with Crippen molar-refractivity contribution in [3.63, 3.8) is 0 Å². The molecule has 1 heterocycles. The van der Waals surface area contributed by atoms with Crippen LogP contribution in [-0.2, 0) is 14.8 Å². The third kappa shape index (κ3) is 5.59. The van der Waals surface area contributed by atoms with Crippen LogP contribution in [0.25, 0.3) is 0 Å². The lowest BCUT2D eigenvalue weighted by Crippen LogP contribution is -2.36. The number of amides is 1. The summed E-state index contributed by atoms with van der Waals surface area (Å²) in [4.78, 5) is 12.2. The smallest absolute Gasteiger partial charge is 0.241 e. The van der Waals surface area contributed by atoms with E-state index >= 15 is 0 Å². The number of nitrogens with one attached hydrogen (secondary N) is 2. The van der Waals surface area contributed by atoms with Crippen molar-refractivity contribution < 1.29 is 17.6 Å². The molecule has 2 aromatic rings. The van der Waals surface area contributed by atoms with Gasteiger partial charge in [0.25, 0.3) is 0 Å². The zero-order valence-electron chi connectivity index (χ0n) is 14.0. The molecule has 25 heavy (non-hydrogen) atoms. The van der Waals surface area contributed by atoms with Gasteiger partial charge in [-0.1, -0.05) is 18.5 Å². The fraction of sp³-hybridized carbons (Fsp3) is 0.353. The molecule has 8 heteroatoms. The van der Waals surface area contributed by atoms with Gasteiger partial charge in [-0.25, -0.2) is 8.42 Å². The average Bonchev–Trinajstić information content (AvgIpc) is 3.08. The minimum atomic E-state index is -3.83. The number of hydrogen-bond acceptors (Lipinski definition) is 4. The van der Waals surface area contributed by atoms with E-state index in [1.54, 1.807) is 12.1 Å². The van der Waals surface area contributed by atoms with Gasteiger partial charge >= 0.3 is 0 Å². The number of sulfonamides is 1. The molecule has 0 aliphatic heterocycles. The molecule has 136 valence electrons. The van der Waals surface area contributed by atoms with E-state index in [1.807, 2.05) is 13.8 Å². The quantitative estimate of drug-likeness (QED) is 0.731. The lowest BCUT2D eigenvalue weighted by atomic mass is 10.1. The molecule has 0 radical (unpaired) electrons. The van der Waals surface area contributed by atoms with Crippen LogP contribution in [0.3, 0.4) is 0 Å². The van der Waals surface area contributed by atoms with Crippen molar-refractivity contribution in [1.29, 1.82) is 0 Å². The van der Waals surface area contributed by atoms with Crippen LogP contribution < -0.4 is 10.0 Å². The Hall–Kier alpha value is -1.83. The normalized spacial score (nSPS) is 14.0. The monoisotopic (exact) mass is 384 g/mol. The molecular weight excluding hydrogens is 364 g/mol. The Bertz CT molecular complexity index is 789. The van der Waals surface area contributed by atoms with E-state index in [2.05, 4.69) is 10.0 Å². The fourth-order valence-electron chi connectivity index (χ4n) is 2.18. The number of halogens is 1. The number of furan rings is 1. The summed E-state index contributed by atoms with van der Waals surface area (Å²) >= 11 is 5.80. The van der Waals surface area contributed by atoms with Gasteiger partial charge in [0.15, 0.2) is 0 Å². The van der Waals surface area contributed by atoms with Crippen molar-refractivity contribution in [2.45, 2.75) is 43.7 Å². The zero-order chi connectivity index (χ0) is 18.4. The molecule has 0 aliphatic carbocycles. The van der Waals surface area contributed by atoms with E-state index in [0.29, 0.717) is 10.8 Å². The van der Waals surface area contributed by atoms with Crippen LogP contribution >= 0.6 is 11.6 Å². The summed E-state index contributed by atoms with van der Waals surface area (Å²) in [6, 6.07) is 8.28. The second kappa shape index (κ2) is 8.51. The Kier molecular flexibility index (Phi) is 6.64. The van der Waals surface area contributed by atoms with Crippen LogP contribution in [-0.4, -0.2) is 20.4 Å². The van der Waals surface area contributed by atoms with Crippen LogP contribution in [0.15, 0.2) is 52.0 Å². The van der Waals surface area contributed by atoms with Crippen LogP contribution in [0.1, 0.15) is 38.5 Å². The number of carbonyl (C=O) groups excluding carboxylic acids is 1. The first-order valence-corrected chi connectivity index (χ1v) is 9.78. The second-order valence-electron chi connectivity index (χ2n) is 5.72. The van der Waals surface area contributed by atoms with Gasteiger partial charge in [0, 0.05) is 11.1 Å². The minimum Gasteiger partial charge on any atom is -0.468 e. The molecule has 0 aliphatic rings. The van der Waals surface area contributed by atoms with E-state index in [1.165, 1.54) is 30.5 Å². The summed E-state index contributed by atoms with van der Waals surface area (Å²) in [5, 5.41) is 3.26. The molecular formula is C17H21ClN2O4S. The highest BCUT2D eigenvalue weighted by Gasteiger charge is 2.26. The van der Waals surface area contributed by atoms with Crippen molar-refractivity contribution in [3.8, 4) is 0 Å². The van der Waals surface area contributed by atoms with Gasteiger partial charge in [0.05, 0.1) is 23.6 Å². The maximum atomic E-state index is 12.6. The van der Waals surface area contributed by atoms with Crippen LogP contribution in [0, 0.1) is 0 Å². The van der Waals surface area contributed by atoms with Gasteiger partial charge in [-0.15, -0.1) is 0 Å². The molecule has 1 aromatic carbocycles. The van der Waals surface area contributed by atoms with Crippen molar-refractivity contribution in [2.75, 3.05) is 0 Å². The molecule has 0 fully saturated rings. The van der Waals surface area contributed by atoms with Crippen molar-refractivity contribution in [2.24, 2.45) is 0 Å². The van der Waals surface area contributed by atoms with Gasteiger partial charge in [0.1, 0.15) is 5.76 Å². The highest BCUT2D eigenvalue weighted by Crippen LogP contribution is 2.22. The van der Waals surface area contributed by atoms with E-state index in [0.717, 1.165) is 6.42 Å². The number of carbonyl (C=O) groups is 1. The molecule has 6 nitrogen and oxygen atoms in total. The fourth-order valence-corrected chi connectivity index (χ4v) is 3.51. The topological polar surface area (TPSA) is 88.4 Å². The average molecular weight is 385 g/mol. The van der Waals surface area contributed by atoms with Crippen LogP contribution in [0.2, 0.25) is 5.02 Å². The Balaban J connectivity index is 2.19.